The Morgan fingerprint density at radius 2 is 1.76 bits per heavy atom. The molecule has 0 spiro atoms. The van der Waals surface area contributed by atoms with E-state index in [4.69, 9.17) is 27.9 Å². The van der Waals surface area contributed by atoms with Crippen molar-refractivity contribution >= 4 is 39.1 Å². The van der Waals surface area contributed by atoms with Gasteiger partial charge in [0.25, 0.3) is 0 Å². The summed E-state index contributed by atoms with van der Waals surface area (Å²) in [7, 11) is 1.71. The van der Waals surface area contributed by atoms with Crippen LogP contribution in [0.25, 0.3) is 0 Å². The van der Waals surface area contributed by atoms with Crippen LogP contribution in [-0.4, -0.2) is 12.4 Å². The van der Waals surface area contributed by atoms with Crippen molar-refractivity contribution in [2.75, 3.05) is 12.4 Å². The van der Waals surface area contributed by atoms with Gasteiger partial charge in [0.05, 0.1) is 7.11 Å². The number of ether oxygens (including phenoxy) is 1. The number of benzene rings is 2. The summed E-state index contributed by atoms with van der Waals surface area (Å²) >= 11 is 15.8. The molecule has 0 amide bonds. The van der Waals surface area contributed by atoms with Crippen LogP contribution in [0.3, 0.4) is 0 Å². The molecular formula is C17H17BrCl2O. The Bertz CT molecular complexity index is 601. The molecule has 0 saturated heterocycles. The normalized spacial score (nSPS) is 12.2. The van der Waals surface area contributed by atoms with Crippen molar-refractivity contribution in [1.29, 1.82) is 0 Å². The Morgan fingerprint density at radius 3 is 2.43 bits per heavy atom. The Morgan fingerprint density at radius 1 is 1.05 bits per heavy atom. The fourth-order valence-corrected chi connectivity index (χ4v) is 3.31. The molecule has 2 rings (SSSR count). The molecule has 2 aromatic rings. The molecule has 0 N–H and O–H groups in total. The van der Waals surface area contributed by atoms with Gasteiger partial charge in [0.15, 0.2) is 0 Å². The van der Waals surface area contributed by atoms with E-state index in [1.165, 1.54) is 5.56 Å². The van der Waals surface area contributed by atoms with E-state index in [2.05, 4.69) is 22.0 Å². The predicted molar refractivity (Wildman–Crippen MR) is 94.1 cm³/mol. The minimum absolute atomic E-state index is 0.444. The molecule has 0 saturated carbocycles. The fraction of sp³-hybridized carbons (Fsp3) is 0.294. The standard InChI is InChI=1S/C17H17BrCl2O/c1-21-17-5-3-2-4-14(17)9-12(11-18)8-13-6-7-15(19)10-16(13)20/h2-7,10,12H,8-9,11H2,1H3. The first kappa shape index (κ1) is 16.7. The van der Waals surface area contributed by atoms with Gasteiger partial charge in [-0.1, -0.05) is 63.4 Å². The average Bonchev–Trinajstić information content (AvgIpc) is 2.49. The summed E-state index contributed by atoms with van der Waals surface area (Å²) in [6.07, 6.45) is 1.84. The van der Waals surface area contributed by atoms with Crippen molar-refractivity contribution in [3.8, 4) is 5.75 Å². The number of hydrogen-bond acceptors (Lipinski definition) is 1. The van der Waals surface area contributed by atoms with Crippen LogP contribution in [-0.2, 0) is 12.8 Å². The summed E-state index contributed by atoms with van der Waals surface area (Å²) in [6.45, 7) is 0. The van der Waals surface area contributed by atoms with Crippen molar-refractivity contribution in [3.05, 3.63) is 63.6 Å². The third kappa shape index (κ3) is 4.64. The zero-order chi connectivity index (χ0) is 15.2. The highest BCUT2D eigenvalue weighted by molar-refractivity contribution is 9.09. The van der Waals surface area contributed by atoms with Gasteiger partial charge in [0, 0.05) is 15.4 Å². The smallest absolute Gasteiger partial charge is 0.122 e. The van der Waals surface area contributed by atoms with Crippen LogP contribution in [0.1, 0.15) is 11.1 Å². The van der Waals surface area contributed by atoms with Crippen molar-refractivity contribution < 1.29 is 4.74 Å². The Kier molecular flexibility index (Phi) is 6.40. The van der Waals surface area contributed by atoms with Crippen LogP contribution < -0.4 is 4.74 Å². The van der Waals surface area contributed by atoms with Crippen molar-refractivity contribution in [3.63, 3.8) is 0 Å². The quantitative estimate of drug-likeness (QED) is 0.569. The lowest BCUT2D eigenvalue weighted by molar-refractivity contribution is 0.406. The molecule has 1 nitrogen and oxygen atoms in total. The minimum Gasteiger partial charge on any atom is -0.496 e. The van der Waals surface area contributed by atoms with E-state index in [1.807, 2.05) is 30.3 Å². The molecule has 0 bridgehead atoms. The van der Waals surface area contributed by atoms with Gasteiger partial charge in [-0.25, -0.2) is 0 Å². The molecule has 0 radical (unpaired) electrons. The van der Waals surface area contributed by atoms with Gasteiger partial charge in [0.1, 0.15) is 5.75 Å². The van der Waals surface area contributed by atoms with Gasteiger partial charge in [-0.2, -0.15) is 0 Å². The summed E-state index contributed by atoms with van der Waals surface area (Å²) in [4.78, 5) is 0. The summed E-state index contributed by atoms with van der Waals surface area (Å²) < 4.78 is 5.42. The maximum absolute atomic E-state index is 6.27. The predicted octanol–water partition coefficient (Wildman–Crippen LogP) is 5.80. The minimum atomic E-state index is 0.444. The summed E-state index contributed by atoms with van der Waals surface area (Å²) in [6, 6.07) is 13.8. The zero-order valence-corrected chi connectivity index (χ0v) is 14.9. The SMILES string of the molecule is COc1ccccc1CC(CBr)Cc1ccc(Cl)cc1Cl. The third-order valence-corrected chi connectivity index (χ3v) is 4.95. The number of halogens is 3. The van der Waals surface area contributed by atoms with Gasteiger partial charge < -0.3 is 4.74 Å². The number of rotatable bonds is 6. The van der Waals surface area contributed by atoms with E-state index in [-0.39, 0.29) is 0 Å². The van der Waals surface area contributed by atoms with Crippen molar-refractivity contribution in [2.24, 2.45) is 5.92 Å². The number of para-hydroxylation sites is 1. The lowest BCUT2D eigenvalue weighted by atomic mass is 9.94. The molecule has 0 aliphatic rings. The summed E-state index contributed by atoms with van der Waals surface area (Å²) in [5, 5.41) is 2.31. The van der Waals surface area contributed by atoms with Crippen LogP contribution in [0.4, 0.5) is 0 Å². The highest BCUT2D eigenvalue weighted by Gasteiger charge is 2.14. The molecule has 21 heavy (non-hydrogen) atoms. The topological polar surface area (TPSA) is 9.23 Å². The average molecular weight is 388 g/mol. The third-order valence-electron chi connectivity index (χ3n) is 3.44. The van der Waals surface area contributed by atoms with Gasteiger partial charge in [0.2, 0.25) is 0 Å². The van der Waals surface area contributed by atoms with E-state index >= 15 is 0 Å². The summed E-state index contributed by atoms with van der Waals surface area (Å²) in [5.41, 5.74) is 2.34. The first-order chi connectivity index (χ1) is 10.1. The lowest BCUT2D eigenvalue weighted by Gasteiger charge is -2.17. The van der Waals surface area contributed by atoms with Crippen LogP contribution in [0.2, 0.25) is 10.0 Å². The van der Waals surface area contributed by atoms with Crippen molar-refractivity contribution in [1.82, 2.24) is 0 Å². The van der Waals surface area contributed by atoms with Crippen LogP contribution in [0, 0.1) is 5.92 Å². The monoisotopic (exact) mass is 386 g/mol. The molecule has 0 heterocycles. The molecule has 0 aromatic heterocycles. The molecule has 2 aromatic carbocycles. The first-order valence-corrected chi connectivity index (χ1v) is 8.63. The highest BCUT2D eigenvalue weighted by Crippen LogP contribution is 2.27. The van der Waals surface area contributed by atoms with Gasteiger partial charge >= 0.3 is 0 Å². The van der Waals surface area contributed by atoms with Crippen molar-refractivity contribution in [2.45, 2.75) is 12.8 Å². The largest absolute Gasteiger partial charge is 0.496 e. The fourth-order valence-electron chi connectivity index (χ4n) is 2.36. The number of hydrogen-bond donors (Lipinski definition) is 0. The second kappa shape index (κ2) is 8.07. The summed E-state index contributed by atoms with van der Waals surface area (Å²) in [5.74, 6) is 1.38. The van der Waals surface area contributed by atoms with E-state index in [1.54, 1.807) is 13.2 Å². The molecule has 0 aliphatic heterocycles. The highest BCUT2D eigenvalue weighted by atomic mass is 79.9. The Labute approximate surface area is 144 Å². The molecule has 112 valence electrons. The zero-order valence-electron chi connectivity index (χ0n) is 11.8. The Balaban J connectivity index is 2.13. The molecule has 4 heteroatoms. The Hall–Kier alpha value is -0.700. The van der Waals surface area contributed by atoms with Crippen LogP contribution in [0.15, 0.2) is 42.5 Å². The number of methoxy groups -OCH3 is 1. The van der Waals surface area contributed by atoms with Crippen LogP contribution >= 0.6 is 39.1 Å². The maximum Gasteiger partial charge on any atom is 0.122 e. The van der Waals surface area contributed by atoms with Crippen LogP contribution in [0.5, 0.6) is 5.75 Å². The molecule has 1 atom stereocenters. The molecule has 1 unspecified atom stereocenters. The first-order valence-electron chi connectivity index (χ1n) is 6.75. The van der Waals surface area contributed by atoms with Gasteiger partial charge in [-0.3, -0.25) is 0 Å². The number of alkyl halides is 1. The second-order valence-electron chi connectivity index (χ2n) is 4.98. The molecular weight excluding hydrogens is 371 g/mol. The van der Waals surface area contributed by atoms with E-state index in [9.17, 15) is 0 Å². The van der Waals surface area contributed by atoms with E-state index < -0.39 is 0 Å². The second-order valence-corrected chi connectivity index (χ2v) is 6.47. The van der Waals surface area contributed by atoms with Gasteiger partial charge in [-0.05, 0) is 48.1 Å². The molecule has 0 fully saturated rings. The maximum atomic E-state index is 6.27. The lowest BCUT2D eigenvalue weighted by Crippen LogP contribution is -2.11. The van der Waals surface area contributed by atoms with E-state index in [0.717, 1.165) is 34.5 Å². The van der Waals surface area contributed by atoms with E-state index in [0.29, 0.717) is 10.9 Å². The molecule has 0 aliphatic carbocycles. The van der Waals surface area contributed by atoms with Gasteiger partial charge in [-0.15, -0.1) is 0 Å².